The molecule has 1 aliphatic heterocycles. The molecule has 25 heteroatoms. The Hall–Kier alpha value is -7.41. The smallest absolute Gasteiger partial charge is 0.328 e. The summed E-state index contributed by atoms with van der Waals surface area (Å²) in [6, 6.07) is 1.05. The van der Waals surface area contributed by atoms with E-state index in [-0.39, 0.29) is 94.7 Å². The minimum Gasteiger partial charge on any atom is -0.481 e. The molecule has 2 rings (SSSR count). The molecule has 0 aromatic heterocycles. The van der Waals surface area contributed by atoms with Crippen molar-refractivity contribution in [3.8, 4) is 0 Å². The first-order chi connectivity index (χ1) is 31.7. The number of rotatable bonds is 35. The Kier molecular flexibility index (Phi) is 24.9. The van der Waals surface area contributed by atoms with Crippen molar-refractivity contribution in [2.24, 2.45) is 0 Å². The molecule has 0 spiro atoms. The van der Waals surface area contributed by atoms with Crippen molar-refractivity contribution in [1.29, 1.82) is 0 Å². The lowest BCUT2D eigenvalue weighted by atomic mass is 9.99. The molecule has 0 bridgehead atoms. The first-order valence-electron chi connectivity index (χ1n) is 21.0. The van der Waals surface area contributed by atoms with Crippen LogP contribution in [0.1, 0.15) is 97.8 Å². The average molecular weight is 947 g/mol. The summed E-state index contributed by atoms with van der Waals surface area (Å²) < 4.78 is 10.8. The SMILES string of the molecule is O=C(O)CC(=O)N[C@@H](CNC(=O)CCOCCCC(=O)c1cc(NC(=O)CCCCCN2C(=O)C=CC2=O)cc(C(=O)CCCOCCC(=O)NC[C@@H](NC(=O)CC(=O)O)C(=O)O)c1)C(=O)O. The number of aliphatic carboxylic acids is 4. The van der Waals surface area contributed by atoms with E-state index in [1.165, 1.54) is 30.4 Å². The Morgan fingerprint density at radius 1 is 0.507 bits per heavy atom. The molecule has 1 aromatic rings. The normalized spacial score (nSPS) is 12.7. The Balaban J connectivity index is 1.91. The third kappa shape index (κ3) is 23.4. The van der Waals surface area contributed by atoms with E-state index in [4.69, 9.17) is 19.7 Å². The summed E-state index contributed by atoms with van der Waals surface area (Å²) in [6.07, 6.45) is 1.74. The summed E-state index contributed by atoms with van der Waals surface area (Å²) >= 11 is 0. The number of ketones is 2. The van der Waals surface area contributed by atoms with Gasteiger partial charge in [0.05, 0.1) is 13.2 Å². The number of carbonyl (C=O) groups excluding carboxylic acids is 9. The lowest BCUT2D eigenvalue weighted by molar-refractivity contribution is -0.145. The number of unbranched alkanes of at least 4 members (excludes halogenated alkanes) is 2. The minimum atomic E-state index is -1.57. The molecule has 0 saturated carbocycles. The number of carbonyl (C=O) groups is 13. The quantitative estimate of drug-likeness (QED) is 0.0173. The molecule has 0 radical (unpaired) electrons. The number of ether oxygens (including phenoxy) is 2. The van der Waals surface area contributed by atoms with Crippen molar-refractivity contribution in [2.75, 3.05) is 51.4 Å². The average Bonchev–Trinajstić information content (AvgIpc) is 3.57. The van der Waals surface area contributed by atoms with E-state index >= 15 is 0 Å². The fraction of sp³-hybridized carbons (Fsp3) is 0.500. The maximum Gasteiger partial charge on any atom is 0.328 e. The number of benzene rings is 1. The van der Waals surface area contributed by atoms with Crippen LogP contribution in [-0.2, 0) is 62.2 Å². The van der Waals surface area contributed by atoms with Gasteiger partial charge in [-0.2, -0.15) is 0 Å². The van der Waals surface area contributed by atoms with Crippen LogP contribution in [0, 0.1) is 0 Å². The highest BCUT2D eigenvalue weighted by molar-refractivity contribution is 6.13. The zero-order valence-electron chi connectivity index (χ0n) is 36.3. The molecule has 1 aliphatic rings. The predicted molar refractivity (Wildman–Crippen MR) is 227 cm³/mol. The van der Waals surface area contributed by atoms with Crippen molar-refractivity contribution >= 4 is 82.5 Å². The Morgan fingerprint density at radius 3 is 1.37 bits per heavy atom. The number of hydrogen-bond acceptors (Lipinski definition) is 15. The highest BCUT2D eigenvalue weighted by Crippen LogP contribution is 2.20. The number of amides is 7. The second kappa shape index (κ2) is 29.9. The fourth-order valence-electron chi connectivity index (χ4n) is 5.90. The number of nitrogens with one attached hydrogen (secondary N) is 5. The maximum atomic E-state index is 13.3. The summed E-state index contributed by atoms with van der Waals surface area (Å²) in [7, 11) is 0. The summed E-state index contributed by atoms with van der Waals surface area (Å²) in [4.78, 5) is 156. The van der Waals surface area contributed by atoms with Crippen molar-refractivity contribution in [2.45, 2.75) is 89.1 Å². The van der Waals surface area contributed by atoms with Gasteiger partial charge in [0.2, 0.25) is 29.5 Å². The van der Waals surface area contributed by atoms with Gasteiger partial charge in [0, 0.05) is 93.9 Å². The Morgan fingerprint density at radius 2 is 0.955 bits per heavy atom. The Labute approximate surface area is 382 Å². The molecular weight excluding hydrogens is 892 g/mol. The second-order valence-electron chi connectivity index (χ2n) is 14.8. The lowest BCUT2D eigenvalue weighted by Crippen LogP contribution is -2.48. The van der Waals surface area contributed by atoms with Gasteiger partial charge in [-0.05, 0) is 43.9 Å². The van der Waals surface area contributed by atoms with Gasteiger partial charge in [0.15, 0.2) is 11.6 Å². The van der Waals surface area contributed by atoms with Crippen LogP contribution < -0.4 is 26.6 Å². The molecule has 9 N–H and O–H groups in total. The molecule has 366 valence electrons. The van der Waals surface area contributed by atoms with Crippen molar-refractivity contribution in [1.82, 2.24) is 26.2 Å². The number of nitrogens with zero attached hydrogens (tertiary/aromatic N) is 1. The zero-order valence-corrected chi connectivity index (χ0v) is 36.3. The summed E-state index contributed by atoms with van der Waals surface area (Å²) in [5.74, 6) is -11.3. The lowest BCUT2D eigenvalue weighted by Gasteiger charge is -2.15. The van der Waals surface area contributed by atoms with Crippen LogP contribution in [-0.4, -0.2) is 160 Å². The molecule has 7 amide bonds. The van der Waals surface area contributed by atoms with Gasteiger partial charge in [-0.3, -0.25) is 57.6 Å². The number of Topliss-reactive ketones (excluding diaryl/α,β-unsaturated/α-hetero) is 2. The zero-order chi connectivity index (χ0) is 49.9. The number of carboxylic acid groups (broad SMARTS) is 4. The van der Waals surface area contributed by atoms with Crippen LogP contribution >= 0.6 is 0 Å². The second-order valence-corrected chi connectivity index (χ2v) is 14.8. The van der Waals surface area contributed by atoms with E-state index in [0.29, 0.717) is 19.3 Å². The van der Waals surface area contributed by atoms with Gasteiger partial charge < -0.3 is 56.5 Å². The van der Waals surface area contributed by atoms with Crippen LogP contribution in [0.3, 0.4) is 0 Å². The molecule has 1 aromatic carbocycles. The number of carboxylic acids is 4. The largest absolute Gasteiger partial charge is 0.481 e. The molecule has 2 atom stereocenters. The van der Waals surface area contributed by atoms with E-state index in [1.807, 2.05) is 10.6 Å². The predicted octanol–water partition coefficient (Wildman–Crippen LogP) is -0.830. The molecule has 0 fully saturated rings. The van der Waals surface area contributed by atoms with Crippen LogP contribution in [0.4, 0.5) is 5.69 Å². The van der Waals surface area contributed by atoms with E-state index in [9.17, 15) is 72.5 Å². The van der Waals surface area contributed by atoms with Crippen LogP contribution in [0.25, 0.3) is 0 Å². The third-order valence-electron chi connectivity index (χ3n) is 9.28. The fourth-order valence-corrected chi connectivity index (χ4v) is 5.90. The van der Waals surface area contributed by atoms with Gasteiger partial charge in [0.1, 0.15) is 24.9 Å². The van der Waals surface area contributed by atoms with Crippen molar-refractivity contribution in [3.05, 3.63) is 41.5 Å². The van der Waals surface area contributed by atoms with Crippen molar-refractivity contribution in [3.63, 3.8) is 0 Å². The standard InChI is InChI=1S/C42H54N6O19/c49-30(6-4-14-66-16-11-32(51)43-23-28(41(62)63)46-35(54)21-39(58)59)25-18-26(20-27(19-25)45-34(53)8-2-1-3-13-48-37(56)9-10-38(48)57)31(50)7-5-15-67-17-12-33(52)44-24-29(42(64)65)47-36(55)22-40(60)61/h9-10,18-20,28-29H,1-8,11-17,21-24H2,(H,43,51)(H,44,52)(H,45,53)(H,46,54)(H,47,55)(H,58,59)(H,60,61)(H,62,63)(H,64,65)/t28-,29+. The Bertz CT molecular complexity index is 1930. The summed E-state index contributed by atoms with van der Waals surface area (Å²) in [5, 5.41) is 47.1. The number of anilines is 1. The van der Waals surface area contributed by atoms with E-state index in [1.54, 1.807) is 0 Å². The third-order valence-corrected chi connectivity index (χ3v) is 9.28. The highest BCUT2D eigenvalue weighted by atomic mass is 16.5. The first kappa shape index (κ1) is 55.7. The number of hydrogen-bond donors (Lipinski definition) is 9. The van der Waals surface area contributed by atoms with E-state index in [0.717, 1.165) is 4.90 Å². The molecule has 67 heavy (non-hydrogen) atoms. The van der Waals surface area contributed by atoms with Gasteiger partial charge >= 0.3 is 23.9 Å². The summed E-state index contributed by atoms with van der Waals surface area (Å²) in [6.45, 7) is -0.999. The molecule has 0 unspecified atom stereocenters. The van der Waals surface area contributed by atoms with Crippen LogP contribution in [0.2, 0.25) is 0 Å². The molecular formula is C42H54N6O19. The molecule has 1 heterocycles. The highest BCUT2D eigenvalue weighted by Gasteiger charge is 2.24. The van der Waals surface area contributed by atoms with Crippen LogP contribution in [0.5, 0.6) is 0 Å². The van der Waals surface area contributed by atoms with Gasteiger partial charge in [-0.15, -0.1) is 0 Å². The van der Waals surface area contributed by atoms with Crippen molar-refractivity contribution < 1.29 is 92.2 Å². The van der Waals surface area contributed by atoms with Gasteiger partial charge in [0.25, 0.3) is 11.8 Å². The monoisotopic (exact) mass is 946 g/mol. The number of imide groups is 1. The van der Waals surface area contributed by atoms with E-state index in [2.05, 4.69) is 16.0 Å². The molecule has 0 saturated heterocycles. The van der Waals surface area contributed by atoms with Crippen LogP contribution in [0.15, 0.2) is 30.4 Å². The van der Waals surface area contributed by atoms with Gasteiger partial charge in [-0.1, -0.05) is 6.42 Å². The van der Waals surface area contributed by atoms with Gasteiger partial charge in [-0.25, -0.2) is 9.59 Å². The topological polar surface area (TPSA) is 385 Å². The van der Waals surface area contributed by atoms with E-state index < -0.39 is 115 Å². The molecule has 0 aliphatic carbocycles. The maximum absolute atomic E-state index is 13.3. The summed E-state index contributed by atoms with van der Waals surface area (Å²) in [5.41, 5.74) is 0.374. The molecule has 25 nitrogen and oxygen atoms in total. The minimum absolute atomic E-state index is 0.0259. The first-order valence-corrected chi connectivity index (χ1v) is 21.0.